The number of Topliss-reactive ketones (excluding diaryl/α,β-unsaturated/α-hetero) is 1. The smallest absolute Gasteiger partial charge is 0.295 e. The standard InChI is InChI=1S/C20H20N2O5S/c1-2-3-4-10-21-17(15-9-6-11-28-15)16(19(24)20(21)25)18(23)13-7-5-8-14(12-13)22(26)27/h5-9,11-12,17,23H,2-4,10H2,1H3/b18-16-. The topological polar surface area (TPSA) is 101 Å². The number of hydrogen-bond acceptors (Lipinski definition) is 6. The summed E-state index contributed by atoms with van der Waals surface area (Å²) in [5, 5.41) is 23.7. The fourth-order valence-electron chi connectivity index (χ4n) is 3.31. The summed E-state index contributed by atoms with van der Waals surface area (Å²) < 4.78 is 0. The lowest BCUT2D eigenvalue weighted by atomic mass is 9.99. The minimum Gasteiger partial charge on any atom is -0.507 e. The number of nitrogens with zero attached hydrogens (tertiary/aromatic N) is 2. The summed E-state index contributed by atoms with van der Waals surface area (Å²) in [5.74, 6) is -1.81. The molecule has 1 aromatic heterocycles. The van der Waals surface area contributed by atoms with Gasteiger partial charge in [-0.15, -0.1) is 11.3 Å². The summed E-state index contributed by atoms with van der Waals surface area (Å²) in [6.07, 6.45) is 2.65. The molecular formula is C20H20N2O5S. The number of nitro benzene ring substituents is 1. The molecule has 1 N–H and O–H groups in total. The molecule has 1 aliphatic heterocycles. The second-order valence-electron chi connectivity index (χ2n) is 6.52. The summed E-state index contributed by atoms with van der Waals surface area (Å²) in [4.78, 5) is 38.1. The van der Waals surface area contributed by atoms with Crippen LogP contribution in [0.15, 0.2) is 47.4 Å². The van der Waals surface area contributed by atoms with Crippen molar-refractivity contribution >= 4 is 34.5 Å². The molecule has 1 aromatic carbocycles. The first-order valence-electron chi connectivity index (χ1n) is 9.02. The fraction of sp³-hybridized carbons (Fsp3) is 0.300. The minimum atomic E-state index is -0.765. The van der Waals surface area contributed by atoms with Crippen LogP contribution in [0.25, 0.3) is 5.76 Å². The van der Waals surface area contributed by atoms with Gasteiger partial charge < -0.3 is 10.0 Å². The van der Waals surface area contributed by atoms with Crippen LogP contribution in [0.2, 0.25) is 0 Å². The van der Waals surface area contributed by atoms with Crippen molar-refractivity contribution in [1.82, 2.24) is 4.90 Å². The zero-order valence-electron chi connectivity index (χ0n) is 15.3. The van der Waals surface area contributed by atoms with E-state index < -0.39 is 28.4 Å². The number of aliphatic hydroxyl groups is 1. The van der Waals surface area contributed by atoms with Crippen LogP contribution in [-0.2, 0) is 9.59 Å². The van der Waals surface area contributed by atoms with Gasteiger partial charge in [0.25, 0.3) is 17.4 Å². The largest absolute Gasteiger partial charge is 0.507 e. The van der Waals surface area contributed by atoms with E-state index in [1.165, 1.54) is 40.5 Å². The average molecular weight is 400 g/mol. The molecule has 2 heterocycles. The molecule has 1 saturated heterocycles. The van der Waals surface area contributed by atoms with Crippen LogP contribution in [0.4, 0.5) is 5.69 Å². The molecule has 0 radical (unpaired) electrons. The molecule has 0 saturated carbocycles. The summed E-state index contributed by atoms with van der Waals surface area (Å²) in [5.41, 5.74) is -0.0827. The van der Waals surface area contributed by atoms with Gasteiger partial charge in [0.15, 0.2) is 0 Å². The fourth-order valence-corrected chi connectivity index (χ4v) is 4.15. The third kappa shape index (κ3) is 3.68. The van der Waals surface area contributed by atoms with E-state index in [1.807, 2.05) is 24.4 Å². The Morgan fingerprint density at radius 2 is 2.04 bits per heavy atom. The molecule has 1 amide bonds. The van der Waals surface area contributed by atoms with E-state index in [2.05, 4.69) is 0 Å². The number of nitro groups is 1. The maximum Gasteiger partial charge on any atom is 0.295 e. The Bertz CT molecular complexity index is 936. The van der Waals surface area contributed by atoms with Crippen LogP contribution in [0.1, 0.15) is 42.7 Å². The van der Waals surface area contributed by atoms with E-state index in [9.17, 15) is 24.8 Å². The number of benzene rings is 1. The van der Waals surface area contributed by atoms with Crippen LogP contribution in [0.5, 0.6) is 0 Å². The second-order valence-corrected chi connectivity index (χ2v) is 7.50. The predicted octanol–water partition coefficient (Wildman–Crippen LogP) is 4.27. The maximum atomic E-state index is 12.7. The van der Waals surface area contributed by atoms with Crippen molar-refractivity contribution in [2.45, 2.75) is 32.2 Å². The van der Waals surface area contributed by atoms with E-state index in [4.69, 9.17) is 0 Å². The highest BCUT2D eigenvalue weighted by Gasteiger charge is 2.46. The number of carbonyl (C=O) groups is 2. The molecule has 1 atom stereocenters. The van der Waals surface area contributed by atoms with Crippen LogP contribution >= 0.6 is 11.3 Å². The monoisotopic (exact) mass is 400 g/mol. The van der Waals surface area contributed by atoms with E-state index in [1.54, 1.807) is 0 Å². The number of carbonyl (C=O) groups excluding carboxylic acids is 2. The molecule has 2 aromatic rings. The quantitative estimate of drug-likeness (QED) is 0.187. The van der Waals surface area contributed by atoms with Crippen molar-refractivity contribution in [2.75, 3.05) is 6.54 Å². The molecule has 146 valence electrons. The van der Waals surface area contributed by atoms with Crippen molar-refractivity contribution in [3.63, 3.8) is 0 Å². The van der Waals surface area contributed by atoms with Crippen molar-refractivity contribution < 1.29 is 19.6 Å². The summed E-state index contributed by atoms with van der Waals surface area (Å²) >= 11 is 1.39. The third-order valence-corrected chi connectivity index (χ3v) is 5.61. The molecule has 1 fully saturated rings. The average Bonchev–Trinajstić information content (AvgIpc) is 3.30. The SMILES string of the molecule is CCCCCN1C(=O)C(=O)/C(=C(\O)c2cccc([N+](=O)[O-])c2)C1c1cccs1. The molecule has 0 spiro atoms. The van der Waals surface area contributed by atoms with Crippen molar-refractivity contribution in [3.05, 3.63) is 67.9 Å². The van der Waals surface area contributed by atoms with Crippen LogP contribution in [0, 0.1) is 10.1 Å². The zero-order valence-corrected chi connectivity index (χ0v) is 16.1. The lowest BCUT2D eigenvalue weighted by Gasteiger charge is -2.24. The van der Waals surface area contributed by atoms with Crippen LogP contribution in [-0.4, -0.2) is 33.2 Å². The van der Waals surface area contributed by atoms with Gasteiger partial charge in [0, 0.05) is 29.1 Å². The van der Waals surface area contributed by atoms with Gasteiger partial charge in [0.2, 0.25) is 0 Å². The van der Waals surface area contributed by atoms with Gasteiger partial charge in [-0.25, -0.2) is 0 Å². The van der Waals surface area contributed by atoms with Gasteiger partial charge in [-0.2, -0.15) is 0 Å². The van der Waals surface area contributed by atoms with Crippen molar-refractivity contribution in [2.24, 2.45) is 0 Å². The van der Waals surface area contributed by atoms with Gasteiger partial charge in [-0.05, 0) is 17.9 Å². The number of likely N-dealkylation sites (tertiary alicyclic amines) is 1. The highest BCUT2D eigenvalue weighted by atomic mass is 32.1. The summed E-state index contributed by atoms with van der Waals surface area (Å²) in [6, 6.07) is 8.37. The Balaban J connectivity index is 2.09. The number of non-ortho nitro benzene ring substituents is 1. The Morgan fingerprint density at radius 1 is 1.25 bits per heavy atom. The number of thiophene rings is 1. The van der Waals surface area contributed by atoms with E-state index in [0.29, 0.717) is 6.54 Å². The van der Waals surface area contributed by atoms with Gasteiger partial charge in [-0.1, -0.05) is 38.0 Å². The molecule has 0 aliphatic carbocycles. The predicted molar refractivity (Wildman–Crippen MR) is 106 cm³/mol. The highest BCUT2D eigenvalue weighted by molar-refractivity contribution is 7.10. The van der Waals surface area contributed by atoms with E-state index in [0.717, 1.165) is 24.1 Å². The number of amides is 1. The Labute approximate surface area is 166 Å². The Kier molecular flexibility index (Phi) is 5.89. The molecule has 3 rings (SSSR count). The normalized spacial score (nSPS) is 18.6. The number of aliphatic hydroxyl groups excluding tert-OH is 1. The number of rotatable bonds is 7. The minimum absolute atomic E-state index is 0.0237. The second kappa shape index (κ2) is 8.35. The van der Waals surface area contributed by atoms with Crippen molar-refractivity contribution in [3.8, 4) is 0 Å². The van der Waals surface area contributed by atoms with Gasteiger partial charge in [0.05, 0.1) is 16.5 Å². The molecule has 0 bridgehead atoms. The third-order valence-electron chi connectivity index (χ3n) is 4.69. The molecule has 1 aliphatic rings. The first-order chi connectivity index (χ1) is 13.5. The van der Waals surface area contributed by atoms with Gasteiger partial charge in [0.1, 0.15) is 5.76 Å². The number of unbranched alkanes of at least 4 members (excludes halogenated alkanes) is 2. The van der Waals surface area contributed by atoms with E-state index in [-0.39, 0.29) is 16.8 Å². The van der Waals surface area contributed by atoms with E-state index >= 15 is 0 Å². The first kappa shape index (κ1) is 19.8. The first-order valence-corrected chi connectivity index (χ1v) is 9.90. The molecule has 1 unspecified atom stereocenters. The maximum absolute atomic E-state index is 12.7. The lowest BCUT2D eigenvalue weighted by Crippen LogP contribution is -2.30. The van der Waals surface area contributed by atoms with Crippen LogP contribution in [0.3, 0.4) is 0 Å². The Morgan fingerprint density at radius 3 is 2.68 bits per heavy atom. The Hall–Kier alpha value is -3.00. The number of ketones is 1. The summed E-state index contributed by atoms with van der Waals surface area (Å²) in [7, 11) is 0. The molecule has 28 heavy (non-hydrogen) atoms. The van der Waals surface area contributed by atoms with Crippen LogP contribution < -0.4 is 0 Å². The molecule has 8 heteroatoms. The van der Waals surface area contributed by atoms with Crippen molar-refractivity contribution in [1.29, 1.82) is 0 Å². The number of hydrogen-bond donors (Lipinski definition) is 1. The lowest BCUT2D eigenvalue weighted by molar-refractivity contribution is -0.384. The van der Waals surface area contributed by atoms with Gasteiger partial charge in [-0.3, -0.25) is 19.7 Å². The molecular weight excluding hydrogens is 380 g/mol. The molecule has 7 nitrogen and oxygen atoms in total. The zero-order chi connectivity index (χ0) is 20.3. The summed E-state index contributed by atoms with van der Waals surface area (Å²) in [6.45, 7) is 2.46. The van der Waals surface area contributed by atoms with Gasteiger partial charge >= 0.3 is 0 Å². The highest BCUT2D eigenvalue weighted by Crippen LogP contribution is 2.41.